The van der Waals surface area contributed by atoms with Crippen molar-refractivity contribution in [2.45, 2.75) is 6.54 Å². The van der Waals surface area contributed by atoms with E-state index in [1.165, 1.54) is 12.3 Å². The maximum absolute atomic E-state index is 12.4. The Labute approximate surface area is 160 Å². The van der Waals surface area contributed by atoms with Crippen molar-refractivity contribution >= 4 is 35.2 Å². The summed E-state index contributed by atoms with van der Waals surface area (Å²) in [7, 11) is 0. The minimum Gasteiger partial charge on any atom is -0.478 e. The van der Waals surface area contributed by atoms with Crippen LogP contribution in [-0.2, 0) is 11.3 Å². The summed E-state index contributed by atoms with van der Waals surface area (Å²) >= 11 is 6.15. The third-order valence-electron chi connectivity index (χ3n) is 3.77. The van der Waals surface area contributed by atoms with E-state index in [2.05, 4.69) is 10.4 Å². The molecule has 6 nitrogen and oxygen atoms in total. The Bertz CT molecular complexity index is 994. The molecule has 2 N–H and O–H groups in total. The fourth-order valence-electron chi connectivity index (χ4n) is 2.42. The summed E-state index contributed by atoms with van der Waals surface area (Å²) in [6.07, 6.45) is 5.69. The lowest BCUT2D eigenvalue weighted by Gasteiger charge is -2.05. The monoisotopic (exact) mass is 381 g/mol. The fraction of sp³-hybridized carbons (Fsp3) is 0.0500. The average Bonchev–Trinajstić information content (AvgIpc) is 3.12. The van der Waals surface area contributed by atoms with Gasteiger partial charge < -0.3 is 10.4 Å². The molecule has 0 bridgehead atoms. The lowest BCUT2D eigenvalue weighted by Crippen LogP contribution is -2.11. The van der Waals surface area contributed by atoms with E-state index >= 15 is 0 Å². The number of halogens is 1. The van der Waals surface area contributed by atoms with Gasteiger partial charge in [0.2, 0.25) is 0 Å². The Hall–Kier alpha value is -3.38. The number of carboxylic acid groups (broad SMARTS) is 1. The van der Waals surface area contributed by atoms with Crippen molar-refractivity contribution in [1.82, 2.24) is 9.78 Å². The van der Waals surface area contributed by atoms with Crippen molar-refractivity contribution in [3.05, 3.63) is 88.7 Å². The molecular weight excluding hydrogens is 366 g/mol. The molecule has 0 spiro atoms. The number of carbonyl (C=O) groups excluding carboxylic acids is 1. The lowest BCUT2D eigenvalue weighted by atomic mass is 10.2. The summed E-state index contributed by atoms with van der Waals surface area (Å²) in [5.74, 6) is -1.30. The van der Waals surface area contributed by atoms with Gasteiger partial charge in [-0.25, -0.2) is 4.79 Å². The molecule has 0 saturated carbocycles. The predicted molar refractivity (Wildman–Crippen MR) is 104 cm³/mol. The van der Waals surface area contributed by atoms with Gasteiger partial charge in [-0.1, -0.05) is 41.9 Å². The number of amides is 1. The standard InChI is InChI=1S/C20H16ClN3O3/c21-18-4-2-1-3-15(18)12-24-13-16(11-22-24)20(27)23-17-8-5-14(6-9-17)7-10-19(25)26/h1-11,13H,12H2,(H,23,27)(H,25,26)/b10-7+. The highest BCUT2D eigenvalue weighted by Crippen LogP contribution is 2.17. The number of benzene rings is 2. The smallest absolute Gasteiger partial charge is 0.328 e. The first kappa shape index (κ1) is 18.4. The number of hydrogen-bond acceptors (Lipinski definition) is 3. The van der Waals surface area contributed by atoms with Crippen LogP contribution < -0.4 is 5.32 Å². The van der Waals surface area contributed by atoms with Crippen LogP contribution in [0.1, 0.15) is 21.5 Å². The number of aliphatic carboxylic acids is 1. The first-order chi connectivity index (χ1) is 13.0. The van der Waals surface area contributed by atoms with Crippen molar-refractivity contribution < 1.29 is 14.7 Å². The van der Waals surface area contributed by atoms with Gasteiger partial charge in [-0.3, -0.25) is 9.48 Å². The second-order valence-electron chi connectivity index (χ2n) is 5.77. The molecule has 0 aliphatic heterocycles. The van der Waals surface area contributed by atoms with Crippen LogP contribution in [0.15, 0.2) is 67.0 Å². The van der Waals surface area contributed by atoms with Gasteiger partial charge in [0.05, 0.1) is 18.3 Å². The number of carboxylic acids is 1. The van der Waals surface area contributed by atoms with E-state index < -0.39 is 5.97 Å². The maximum Gasteiger partial charge on any atom is 0.328 e. The summed E-state index contributed by atoms with van der Waals surface area (Å²) in [5, 5.41) is 16.3. The van der Waals surface area contributed by atoms with Crippen LogP contribution in [0.2, 0.25) is 5.02 Å². The van der Waals surface area contributed by atoms with Gasteiger partial charge in [0.25, 0.3) is 5.91 Å². The molecule has 27 heavy (non-hydrogen) atoms. The van der Waals surface area contributed by atoms with E-state index in [1.54, 1.807) is 35.1 Å². The molecule has 0 atom stereocenters. The zero-order valence-corrected chi connectivity index (χ0v) is 14.9. The van der Waals surface area contributed by atoms with Crippen LogP contribution >= 0.6 is 11.6 Å². The molecule has 0 saturated heterocycles. The van der Waals surface area contributed by atoms with Crippen LogP contribution in [0.3, 0.4) is 0 Å². The number of nitrogens with one attached hydrogen (secondary N) is 1. The van der Waals surface area contributed by atoms with Crippen molar-refractivity contribution in [3.8, 4) is 0 Å². The predicted octanol–water partition coefficient (Wildman–Crippen LogP) is 3.93. The molecule has 0 unspecified atom stereocenters. The first-order valence-electron chi connectivity index (χ1n) is 8.09. The summed E-state index contributed by atoms with van der Waals surface area (Å²) in [4.78, 5) is 22.9. The first-order valence-corrected chi connectivity index (χ1v) is 8.47. The normalized spacial score (nSPS) is 10.9. The quantitative estimate of drug-likeness (QED) is 0.633. The van der Waals surface area contributed by atoms with Gasteiger partial charge in [-0.05, 0) is 35.4 Å². The van der Waals surface area contributed by atoms with Gasteiger partial charge >= 0.3 is 5.97 Å². The third kappa shape index (κ3) is 5.05. The van der Waals surface area contributed by atoms with Crippen LogP contribution in [-0.4, -0.2) is 26.8 Å². The Morgan fingerprint density at radius 2 is 1.89 bits per heavy atom. The SMILES string of the molecule is O=C(O)/C=C/c1ccc(NC(=O)c2cnn(Cc3ccccc3Cl)c2)cc1. The Kier molecular flexibility index (Phi) is 5.68. The highest BCUT2D eigenvalue weighted by atomic mass is 35.5. The number of rotatable bonds is 6. The number of anilines is 1. The maximum atomic E-state index is 12.4. The molecular formula is C20H16ClN3O3. The Morgan fingerprint density at radius 3 is 2.59 bits per heavy atom. The molecule has 3 aromatic rings. The van der Waals surface area contributed by atoms with Gasteiger partial charge in [-0.2, -0.15) is 5.10 Å². The van der Waals surface area contributed by atoms with Crippen molar-refractivity contribution in [3.63, 3.8) is 0 Å². The summed E-state index contributed by atoms with van der Waals surface area (Å²) in [6, 6.07) is 14.3. The van der Waals surface area contributed by atoms with Gasteiger partial charge in [0.1, 0.15) is 0 Å². The highest BCUT2D eigenvalue weighted by molar-refractivity contribution is 6.31. The zero-order chi connectivity index (χ0) is 19.2. The van der Waals surface area contributed by atoms with E-state index in [1.807, 2.05) is 24.3 Å². The lowest BCUT2D eigenvalue weighted by molar-refractivity contribution is -0.131. The molecule has 0 aliphatic carbocycles. The summed E-state index contributed by atoms with van der Waals surface area (Å²) in [6.45, 7) is 0.470. The van der Waals surface area contributed by atoms with Gasteiger partial charge in [-0.15, -0.1) is 0 Å². The van der Waals surface area contributed by atoms with Crippen molar-refractivity contribution in [2.75, 3.05) is 5.32 Å². The van der Waals surface area contributed by atoms with Crippen LogP contribution in [0.25, 0.3) is 6.08 Å². The minimum absolute atomic E-state index is 0.283. The largest absolute Gasteiger partial charge is 0.478 e. The molecule has 0 radical (unpaired) electrons. The second-order valence-corrected chi connectivity index (χ2v) is 6.17. The van der Waals surface area contributed by atoms with Crippen LogP contribution in [0.5, 0.6) is 0 Å². The van der Waals surface area contributed by atoms with E-state index in [0.717, 1.165) is 17.2 Å². The van der Waals surface area contributed by atoms with Crippen molar-refractivity contribution in [2.24, 2.45) is 0 Å². The molecule has 1 aromatic heterocycles. The molecule has 136 valence electrons. The Morgan fingerprint density at radius 1 is 1.15 bits per heavy atom. The van der Waals surface area contributed by atoms with Crippen LogP contribution in [0.4, 0.5) is 5.69 Å². The molecule has 1 heterocycles. The number of carbonyl (C=O) groups is 2. The highest BCUT2D eigenvalue weighted by Gasteiger charge is 2.10. The van der Waals surface area contributed by atoms with Gasteiger partial charge in [0.15, 0.2) is 0 Å². The molecule has 2 aromatic carbocycles. The summed E-state index contributed by atoms with van der Waals surface area (Å²) < 4.78 is 1.65. The van der Waals surface area contributed by atoms with Gasteiger partial charge in [0, 0.05) is 23.0 Å². The molecule has 7 heteroatoms. The molecule has 0 fully saturated rings. The molecule has 1 amide bonds. The third-order valence-corrected chi connectivity index (χ3v) is 4.14. The van der Waals surface area contributed by atoms with E-state index in [9.17, 15) is 9.59 Å². The zero-order valence-electron chi connectivity index (χ0n) is 14.2. The van der Waals surface area contributed by atoms with E-state index in [0.29, 0.717) is 22.8 Å². The van der Waals surface area contributed by atoms with Crippen molar-refractivity contribution in [1.29, 1.82) is 0 Å². The molecule has 0 aliphatic rings. The molecule has 3 rings (SSSR count). The Balaban J connectivity index is 1.64. The number of nitrogens with zero attached hydrogens (tertiary/aromatic N) is 2. The number of hydrogen-bond donors (Lipinski definition) is 2. The number of aromatic nitrogens is 2. The second kappa shape index (κ2) is 8.33. The topological polar surface area (TPSA) is 84.2 Å². The van der Waals surface area contributed by atoms with Crippen LogP contribution in [0, 0.1) is 0 Å². The fourth-order valence-corrected chi connectivity index (χ4v) is 2.61. The van der Waals surface area contributed by atoms with E-state index in [-0.39, 0.29) is 5.91 Å². The van der Waals surface area contributed by atoms with E-state index in [4.69, 9.17) is 16.7 Å². The average molecular weight is 382 g/mol. The minimum atomic E-state index is -1.01. The summed E-state index contributed by atoms with van der Waals surface area (Å²) in [5.41, 5.74) is 2.67.